The largest absolute Gasteiger partial charge is 0.376 e. The molecule has 0 bridgehead atoms. The SMILES string of the molecule is c1cc(CCC2CN(Cc3ccnc(N4CCCC4)n3)CCO2)ncn1. The number of nitrogens with zero attached hydrogens (tertiary/aromatic N) is 6. The number of aromatic nitrogens is 4. The van der Waals surface area contributed by atoms with Crippen molar-refractivity contribution in [3.05, 3.63) is 42.2 Å². The summed E-state index contributed by atoms with van der Waals surface area (Å²) < 4.78 is 5.95. The van der Waals surface area contributed by atoms with Crippen LogP contribution in [-0.4, -0.2) is 63.7 Å². The third-order valence-corrected chi connectivity index (χ3v) is 5.06. The van der Waals surface area contributed by atoms with Gasteiger partial charge in [0, 0.05) is 50.8 Å². The highest BCUT2D eigenvalue weighted by Gasteiger charge is 2.21. The summed E-state index contributed by atoms with van der Waals surface area (Å²) in [4.78, 5) is 22.2. The molecule has 7 heteroatoms. The smallest absolute Gasteiger partial charge is 0.225 e. The molecule has 2 aromatic rings. The normalized spacial score (nSPS) is 21.2. The Kier molecular flexibility index (Phi) is 5.66. The summed E-state index contributed by atoms with van der Waals surface area (Å²) in [5.74, 6) is 0.883. The number of ether oxygens (including phenoxy) is 1. The molecule has 4 rings (SSSR count). The van der Waals surface area contributed by atoms with E-state index in [0.717, 1.165) is 69.5 Å². The highest BCUT2D eigenvalue weighted by atomic mass is 16.5. The molecule has 4 heterocycles. The molecule has 2 saturated heterocycles. The molecule has 2 aromatic heterocycles. The van der Waals surface area contributed by atoms with Crippen molar-refractivity contribution in [2.24, 2.45) is 0 Å². The molecule has 0 saturated carbocycles. The summed E-state index contributed by atoms with van der Waals surface area (Å²) in [6.45, 7) is 5.68. The van der Waals surface area contributed by atoms with Gasteiger partial charge in [0.25, 0.3) is 0 Å². The van der Waals surface area contributed by atoms with Gasteiger partial charge in [0.05, 0.1) is 18.4 Å². The predicted octanol–water partition coefficient (Wildman–Crippen LogP) is 1.70. The highest BCUT2D eigenvalue weighted by Crippen LogP contribution is 2.17. The van der Waals surface area contributed by atoms with Gasteiger partial charge in [0.2, 0.25) is 5.95 Å². The number of hydrogen-bond acceptors (Lipinski definition) is 7. The molecule has 0 radical (unpaired) electrons. The maximum Gasteiger partial charge on any atom is 0.225 e. The van der Waals surface area contributed by atoms with Crippen LogP contribution in [0.25, 0.3) is 0 Å². The van der Waals surface area contributed by atoms with Crippen molar-refractivity contribution in [1.82, 2.24) is 24.8 Å². The lowest BCUT2D eigenvalue weighted by molar-refractivity contribution is -0.0350. The topological polar surface area (TPSA) is 67.3 Å². The Labute approximate surface area is 154 Å². The van der Waals surface area contributed by atoms with Crippen LogP contribution in [0.2, 0.25) is 0 Å². The molecule has 2 aliphatic heterocycles. The lowest BCUT2D eigenvalue weighted by Crippen LogP contribution is -2.42. The van der Waals surface area contributed by atoms with Crippen molar-refractivity contribution in [3.63, 3.8) is 0 Å². The fourth-order valence-electron chi connectivity index (χ4n) is 3.64. The van der Waals surface area contributed by atoms with Gasteiger partial charge < -0.3 is 9.64 Å². The van der Waals surface area contributed by atoms with Gasteiger partial charge in [0.1, 0.15) is 6.33 Å². The van der Waals surface area contributed by atoms with Gasteiger partial charge in [-0.25, -0.2) is 19.9 Å². The highest BCUT2D eigenvalue weighted by molar-refractivity contribution is 5.31. The van der Waals surface area contributed by atoms with Crippen LogP contribution in [0.1, 0.15) is 30.7 Å². The molecular weight excluding hydrogens is 328 g/mol. The van der Waals surface area contributed by atoms with Gasteiger partial charge in [-0.05, 0) is 37.8 Å². The Morgan fingerprint density at radius 1 is 1.04 bits per heavy atom. The van der Waals surface area contributed by atoms with Crippen LogP contribution in [0.15, 0.2) is 30.9 Å². The van der Waals surface area contributed by atoms with Crippen LogP contribution in [0.5, 0.6) is 0 Å². The van der Waals surface area contributed by atoms with Crippen LogP contribution >= 0.6 is 0 Å². The van der Waals surface area contributed by atoms with Crippen molar-refractivity contribution in [2.45, 2.75) is 38.3 Å². The maximum absolute atomic E-state index is 5.95. The number of hydrogen-bond donors (Lipinski definition) is 0. The molecular formula is C19H26N6O. The zero-order chi connectivity index (χ0) is 17.6. The first-order chi connectivity index (χ1) is 12.9. The van der Waals surface area contributed by atoms with E-state index in [1.54, 1.807) is 12.5 Å². The van der Waals surface area contributed by atoms with Crippen LogP contribution in [0.3, 0.4) is 0 Å². The number of morpholine rings is 1. The van der Waals surface area contributed by atoms with E-state index in [1.165, 1.54) is 12.8 Å². The molecule has 26 heavy (non-hydrogen) atoms. The molecule has 7 nitrogen and oxygen atoms in total. The third kappa shape index (κ3) is 4.53. The molecule has 1 unspecified atom stereocenters. The molecule has 138 valence electrons. The molecule has 2 fully saturated rings. The minimum atomic E-state index is 0.249. The number of anilines is 1. The Hall–Kier alpha value is -2.12. The summed E-state index contributed by atoms with van der Waals surface area (Å²) in [5.41, 5.74) is 2.17. The van der Waals surface area contributed by atoms with Crippen LogP contribution in [0.4, 0.5) is 5.95 Å². The second kappa shape index (κ2) is 8.51. The minimum absolute atomic E-state index is 0.249. The Morgan fingerprint density at radius 3 is 2.77 bits per heavy atom. The van der Waals surface area contributed by atoms with Gasteiger partial charge >= 0.3 is 0 Å². The Balaban J connectivity index is 1.31. The fourth-order valence-corrected chi connectivity index (χ4v) is 3.64. The molecule has 0 amide bonds. The van der Waals surface area contributed by atoms with Crippen molar-refractivity contribution >= 4 is 5.95 Å². The number of rotatable bonds is 6. The van der Waals surface area contributed by atoms with E-state index in [-0.39, 0.29) is 6.10 Å². The van der Waals surface area contributed by atoms with Crippen molar-refractivity contribution in [3.8, 4) is 0 Å². The first kappa shape index (κ1) is 17.3. The van der Waals surface area contributed by atoms with Crippen molar-refractivity contribution < 1.29 is 4.74 Å². The van der Waals surface area contributed by atoms with Crippen molar-refractivity contribution in [1.29, 1.82) is 0 Å². The van der Waals surface area contributed by atoms with E-state index in [1.807, 2.05) is 18.3 Å². The van der Waals surface area contributed by atoms with Gasteiger partial charge in [0.15, 0.2) is 0 Å². The second-order valence-electron chi connectivity index (χ2n) is 7.01. The summed E-state index contributed by atoms with van der Waals surface area (Å²) >= 11 is 0. The van der Waals surface area contributed by atoms with Crippen LogP contribution in [-0.2, 0) is 17.7 Å². The lowest BCUT2D eigenvalue weighted by Gasteiger charge is -2.32. The van der Waals surface area contributed by atoms with E-state index in [4.69, 9.17) is 9.72 Å². The van der Waals surface area contributed by atoms with Crippen molar-refractivity contribution in [2.75, 3.05) is 37.7 Å². The Morgan fingerprint density at radius 2 is 1.92 bits per heavy atom. The summed E-state index contributed by atoms with van der Waals surface area (Å²) in [6.07, 6.45) is 9.93. The van der Waals surface area contributed by atoms with E-state index in [2.05, 4.69) is 24.8 Å². The molecule has 1 atom stereocenters. The van der Waals surface area contributed by atoms with Crippen LogP contribution in [0, 0.1) is 0 Å². The summed E-state index contributed by atoms with van der Waals surface area (Å²) in [6, 6.07) is 4.01. The zero-order valence-electron chi connectivity index (χ0n) is 15.1. The van der Waals surface area contributed by atoms with Gasteiger partial charge in [-0.3, -0.25) is 4.90 Å². The first-order valence-corrected chi connectivity index (χ1v) is 9.52. The second-order valence-corrected chi connectivity index (χ2v) is 7.01. The van der Waals surface area contributed by atoms with Gasteiger partial charge in [-0.1, -0.05) is 0 Å². The average molecular weight is 354 g/mol. The Bertz CT molecular complexity index is 691. The van der Waals surface area contributed by atoms with E-state index >= 15 is 0 Å². The van der Waals surface area contributed by atoms with Crippen LogP contribution < -0.4 is 4.90 Å². The minimum Gasteiger partial charge on any atom is -0.376 e. The summed E-state index contributed by atoms with van der Waals surface area (Å²) in [7, 11) is 0. The standard InChI is InChI=1S/C19H26N6O/c1-2-10-25(9-1)19-21-8-6-17(23-19)13-24-11-12-26-18(14-24)4-3-16-5-7-20-15-22-16/h5-8,15,18H,1-4,9-14H2. The quantitative estimate of drug-likeness (QED) is 0.782. The maximum atomic E-state index is 5.95. The van der Waals surface area contributed by atoms with Gasteiger partial charge in [-0.2, -0.15) is 0 Å². The fraction of sp³-hybridized carbons (Fsp3) is 0.579. The molecule has 0 N–H and O–H groups in total. The summed E-state index contributed by atoms with van der Waals surface area (Å²) in [5, 5.41) is 0. The number of aryl methyl sites for hydroxylation is 1. The first-order valence-electron chi connectivity index (χ1n) is 9.52. The molecule has 0 spiro atoms. The third-order valence-electron chi connectivity index (χ3n) is 5.06. The van der Waals surface area contributed by atoms with E-state index in [9.17, 15) is 0 Å². The van der Waals surface area contributed by atoms with E-state index < -0.39 is 0 Å². The zero-order valence-corrected chi connectivity index (χ0v) is 15.1. The molecule has 0 aromatic carbocycles. The predicted molar refractivity (Wildman–Crippen MR) is 98.8 cm³/mol. The van der Waals surface area contributed by atoms with E-state index in [0.29, 0.717) is 0 Å². The van der Waals surface area contributed by atoms with Gasteiger partial charge in [-0.15, -0.1) is 0 Å². The lowest BCUT2D eigenvalue weighted by atomic mass is 10.1. The molecule has 2 aliphatic rings. The monoisotopic (exact) mass is 354 g/mol. The average Bonchev–Trinajstić information content (AvgIpc) is 3.23. The molecule has 0 aliphatic carbocycles.